The average molecular weight is 425 g/mol. The van der Waals surface area contributed by atoms with Crippen molar-refractivity contribution in [2.75, 3.05) is 12.4 Å². The minimum atomic E-state index is -0.349. The lowest BCUT2D eigenvalue weighted by Crippen LogP contribution is -2.14. The second kappa shape index (κ2) is 7.99. The van der Waals surface area contributed by atoms with Crippen LogP contribution in [-0.2, 0) is 0 Å². The first-order valence-corrected chi connectivity index (χ1v) is 9.97. The number of ether oxygens (including phenoxy) is 1. The molecule has 0 saturated heterocycles. The fourth-order valence-electron chi connectivity index (χ4n) is 3.53. The molecule has 0 bridgehead atoms. The molecule has 0 aliphatic carbocycles. The number of nitrogens with one attached hydrogen (secondary N) is 1. The van der Waals surface area contributed by atoms with E-state index in [2.05, 4.69) is 20.8 Å². The number of hydrogen-bond donors (Lipinski definition) is 1. The largest absolute Gasteiger partial charge is 0.497 e. The van der Waals surface area contributed by atoms with Gasteiger partial charge in [-0.2, -0.15) is 0 Å². The number of aromatic nitrogens is 4. The van der Waals surface area contributed by atoms with Crippen molar-refractivity contribution in [2.24, 2.45) is 0 Å². The zero-order valence-electron chi connectivity index (χ0n) is 17.4. The van der Waals surface area contributed by atoms with Crippen molar-refractivity contribution >= 4 is 22.5 Å². The zero-order chi connectivity index (χ0) is 22.1. The van der Waals surface area contributed by atoms with Gasteiger partial charge in [-0.3, -0.25) is 4.79 Å². The van der Waals surface area contributed by atoms with Crippen molar-refractivity contribution in [1.82, 2.24) is 20.2 Å². The molecule has 0 unspecified atom stereocenters. The molecule has 5 aromatic rings. The quantitative estimate of drug-likeness (QED) is 0.441. The van der Waals surface area contributed by atoms with Crippen LogP contribution in [-0.4, -0.2) is 33.2 Å². The van der Waals surface area contributed by atoms with Crippen LogP contribution in [0.1, 0.15) is 16.2 Å². The topological polar surface area (TPSA) is 95.1 Å². The molecule has 2 heterocycles. The zero-order valence-corrected chi connectivity index (χ0v) is 17.4. The Bertz CT molecular complexity index is 1420. The predicted octanol–water partition coefficient (Wildman–Crippen LogP) is 4.64. The smallest absolute Gasteiger partial charge is 0.278 e. The van der Waals surface area contributed by atoms with E-state index in [4.69, 9.17) is 9.26 Å². The monoisotopic (exact) mass is 425 g/mol. The maximum Gasteiger partial charge on any atom is 0.278 e. The average Bonchev–Trinajstić information content (AvgIpc) is 3.42. The Labute approximate surface area is 183 Å². The maximum absolute atomic E-state index is 12.8. The molecule has 0 fully saturated rings. The van der Waals surface area contributed by atoms with Gasteiger partial charge in [-0.1, -0.05) is 46.8 Å². The van der Waals surface area contributed by atoms with E-state index in [9.17, 15) is 4.79 Å². The van der Waals surface area contributed by atoms with Gasteiger partial charge < -0.3 is 14.6 Å². The number of nitrogens with zero attached hydrogens (tertiary/aromatic N) is 4. The fraction of sp³-hybridized carbons (Fsp3) is 0.0833. The second-order valence-corrected chi connectivity index (χ2v) is 7.20. The first-order chi connectivity index (χ1) is 15.6. The molecule has 0 aliphatic heterocycles. The van der Waals surface area contributed by atoms with Gasteiger partial charge in [0.2, 0.25) is 0 Å². The van der Waals surface area contributed by atoms with Crippen molar-refractivity contribution in [3.8, 4) is 22.8 Å². The van der Waals surface area contributed by atoms with Crippen molar-refractivity contribution < 1.29 is 14.1 Å². The molecule has 32 heavy (non-hydrogen) atoms. The molecule has 3 aromatic carbocycles. The summed E-state index contributed by atoms with van der Waals surface area (Å²) in [4.78, 5) is 12.8. The van der Waals surface area contributed by atoms with Gasteiger partial charge in [0.25, 0.3) is 5.91 Å². The van der Waals surface area contributed by atoms with Crippen LogP contribution < -0.4 is 10.1 Å². The summed E-state index contributed by atoms with van der Waals surface area (Å²) in [5.74, 6) is 0.980. The highest BCUT2D eigenvalue weighted by molar-refractivity contribution is 6.03. The van der Waals surface area contributed by atoms with E-state index in [0.29, 0.717) is 22.9 Å². The molecule has 0 saturated carbocycles. The van der Waals surface area contributed by atoms with Crippen molar-refractivity contribution in [1.29, 1.82) is 0 Å². The lowest BCUT2D eigenvalue weighted by Gasteiger charge is -2.07. The van der Waals surface area contributed by atoms with Crippen LogP contribution in [0.4, 0.5) is 5.69 Å². The Balaban J connectivity index is 1.48. The van der Waals surface area contributed by atoms with E-state index in [1.54, 1.807) is 36.9 Å². The lowest BCUT2D eigenvalue weighted by molar-refractivity contribution is 0.102. The van der Waals surface area contributed by atoms with Gasteiger partial charge in [0.1, 0.15) is 11.3 Å². The lowest BCUT2D eigenvalue weighted by atomic mass is 10.1. The van der Waals surface area contributed by atoms with E-state index in [0.717, 1.165) is 22.2 Å². The summed E-state index contributed by atoms with van der Waals surface area (Å²) >= 11 is 0. The van der Waals surface area contributed by atoms with Crippen LogP contribution in [0.15, 0.2) is 77.3 Å². The fourth-order valence-corrected chi connectivity index (χ4v) is 3.53. The van der Waals surface area contributed by atoms with Crippen molar-refractivity contribution in [3.63, 3.8) is 0 Å². The highest BCUT2D eigenvalue weighted by Gasteiger charge is 2.19. The Morgan fingerprint density at radius 3 is 2.69 bits per heavy atom. The van der Waals surface area contributed by atoms with Crippen LogP contribution in [0, 0.1) is 6.92 Å². The third kappa shape index (κ3) is 3.47. The summed E-state index contributed by atoms with van der Waals surface area (Å²) in [5.41, 5.74) is 3.89. The summed E-state index contributed by atoms with van der Waals surface area (Å²) in [5, 5.41) is 16.2. The van der Waals surface area contributed by atoms with E-state index >= 15 is 0 Å². The Kier molecular flexibility index (Phi) is 4.87. The van der Waals surface area contributed by atoms with Gasteiger partial charge in [0.05, 0.1) is 23.9 Å². The molecule has 8 heteroatoms. The van der Waals surface area contributed by atoms with E-state index in [1.165, 1.54) is 0 Å². The van der Waals surface area contributed by atoms with E-state index in [1.807, 2.05) is 54.6 Å². The van der Waals surface area contributed by atoms with Crippen LogP contribution in [0.2, 0.25) is 0 Å². The molecule has 0 atom stereocenters. The number of fused-ring (bicyclic) bond motifs is 1. The first-order valence-electron chi connectivity index (χ1n) is 9.97. The Morgan fingerprint density at radius 1 is 1.03 bits per heavy atom. The number of anilines is 1. The SMILES string of the molecule is COc1cccc(NC(=O)c2nnn(-c3ccc4noc(-c5ccccc5)c4c3)c2C)c1. The summed E-state index contributed by atoms with van der Waals surface area (Å²) in [6.45, 7) is 1.80. The molecule has 0 radical (unpaired) electrons. The van der Waals surface area contributed by atoms with Crippen molar-refractivity contribution in [2.45, 2.75) is 6.92 Å². The standard InChI is InChI=1S/C24H19N5O3/c1-15-22(24(30)25-17-9-6-10-19(13-17)31-2)26-28-29(15)18-11-12-21-20(14-18)23(32-27-21)16-7-4-3-5-8-16/h3-14H,1-2H3,(H,25,30). The Morgan fingerprint density at radius 2 is 1.88 bits per heavy atom. The Hall–Kier alpha value is -4.46. The van der Waals surface area contributed by atoms with Gasteiger partial charge in [0.15, 0.2) is 11.5 Å². The maximum atomic E-state index is 12.8. The van der Waals surface area contributed by atoms with Gasteiger partial charge in [-0.05, 0) is 37.3 Å². The van der Waals surface area contributed by atoms with Crippen LogP contribution in [0.3, 0.4) is 0 Å². The predicted molar refractivity (Wildman–Crippen MR) is 120 cm³/mol. The summed E-state index contributed by atoms with van der Waals surface area (Å²) in [6.07, 6.45) is 0. The van der Waals surface area contributed by atoms with Gasteiger partial charge >= 0.3 is 0 Å². The molecule has 8 nitrogen and oxygen atoms in total. The molecule has 0 spiro atoms. The number of hydrogen-bond acceptors (Lipinski definition) is 6. The number of carbonyl (C=O) groups excluding carboxylic acids is 1. The number of benzene rings is 3. The van der Waals surface area contributed by atoms with Gasteiger partial charge in [-0.25, -0.2) is 4.68 Å². The molecular weight excluding hydrogens is 406 g/mol. The van der Waals surface area contributed by atoms with E-state index in [-0.39, 0.29) is 11.6 Å². The molecule has 0 aliphatic rings. The molecule has 1 amide bonds. The molecule has 1 N–H and O–H groups in total. The molecule has 2 aromatic heterocycles. The highest BCUT2D eigenvalue weighted by atomic mass is 16.5. The van der Waals surface area contributed by atoms with Gasteiger partial charge in [-0.15, -0.1) is 5.10 Å². The first kappa shape index (κ1) is 19.5. The number of methoxy groups -OCH3 is 1. The summed E-state index contributed by atoms with van der Waals surface area (Å²) in [6, 6.07) is 22.6. The number of rotatable bonds is 5. The van der Waals surface area contributed by atoms with Crippen LogP contribution in [0.25, 0.3) is 27.9 Å². The number of carbonyl (C=O) groups is 1. The van der Waals surface area contributed by atoms with Crippen molar-refractivity contribution in [3.05, 3.63) is 84.2 Å². The third-order valence-corrected chi connectivity index (χ3v) is 5.18. The van der Waals surface area contributed by atoms with Crippen LogP contribution >= 0.6 is 0 Å². The highest BCUT2D eigenvalue weighted by Crippen LogP contribution is 2.30. The normalized spacial score (nSPS) is 10.9. The van der Waals surface area contributed by atoms with Crippen LogP contribution in [0.5, 0.6) is 5.75 Å². The van der Waals surface area contributed by atoms with E-state index < -0.39 is 0 Å². The summed E-state index contributed by atoms with van der Waals surface area (Å²) in [7, 11) is 1.58. The number of amides is 1. The summed E-state index contributed by atoms with van der Waals surface area (Å²) < 4.78 is 12.4. The minimum absolute atomic E-state index is 0.238. The second-order valence-electron chi connectivity index (χ2n) is 7.20. The van der Waals surface area contributed by atoms with Gasteiger partial charge in [0, 0.05) is 17.3 Å². The molecule has 5 rings (SSSR count). The third-order valence-electron chi connectivity index (χ3n) is 5.18. The minimum Gasteiger partial charge on any atom is -0.497 e. The molecule has 158 valence electrons. The molecular formula is C24H19N5O3.